The molecule has 4 nitrogen and oxygen atoms in total. The molecule has 0 aromatic rings. The normalized spacial score (nSPS) is 26.1. The summed E-state index contributed by atoms with van der Waals surface area (Å²) < 4.78 is 5.60. The Bertz CT molecular complexity index is 239. The number of carbonyl (C=O) groups excluding carboxylic acids is 1. The van der Waals surface area contributed by atoms with Gasteiger partial charge in [0.15, 0.2) is 0 Å². The van der Waals surface area contributed by atoms with Gasteiger partial charge in [-0.05, 0) is 40.0 Å². The number of ether oxygens (including phenoxy) is 1. The predicted molar refractivity (Wildman–Crippen MR) is 64.1 cm³/mol. The number of hydrogen-bond donors (Lipinski definition) is 2. The number of rotatable bonds is 4. The second-order valence-corrected chi connectivity index (χ2v) is 5.38. The summed E-state index contributed by atoms with van der Waals surface area (Å²) in [5.41, 5.74) is 5.50. The lowest BCUT2D eigenvalue weighted by Crippen LogP contribution is -2.45. The summed E-state index contributed by atoms with van der Waals surface area (Å²) in [5, 5.41) is 3.06. The van der Waals surface area contributed by atoms with Crippen LogP contribution in [0.15, 0.2) is 0 Å². The van der Waals surface area contributed by atoms with E-state index in [-0.39, 0.29) is 23.6 Å². The molecule has 1 amide bonds. The Kier molecular flexibility index (Phi) is 4.74. The zero-order valence-corrected chi connectivity index (χ0v) is 10.6. The van der Waals surface area contributed by atoms with Crippen molar-refractivity contribution >= 4 is 5.91 Å². The summed E-state index contributed by atoms with van der Waals surface area (Å²) in [4.78, 5) is 11.6. The van der Waals surface area contributed by atoms with Crippen LogP contribution in [0.5, 0.6) is 0 Å². The molecule has 0 bridgehead atoms. The monoisotopic (exact) mass is 228 g/mol. The molecule has 2 unspecified atom stereocenters. The van der Waals surface area contributed by atoms with Gasteiger partial charge >= 0.3 is 0 Å². The summed E-state index contributed by atoms with van der Waals surface area (Å²) >= 11 is 0. The van der Waals surface area contributed by atoms with Gasteiger partial charge < -0.3 is 15.8 Å². The van der Waals surface area contributed by atoms with E-state index in [0.717, 1.165) is 25.9 Å². The molecule has 16 heavy (non-hydrogen) atoms. The number of nitrogens with two attached hydrogens (primary N) is 1. The molecule has 0 radical (unpaired) electrons. The Morgan fingerprint density at radius 2 is 2.31 bits per heavy atom. The molecule has 1 aliphatic rings. The van der Waals surface area contributed by atoms with E-state index in [2.05, 4.69) is 19.2 Å². The minimum Gasteiger partial charge on any atom is -0.375 e. The van der Waals surface area contributed by atoms with E-state index in [4.69, 9.17) is 10.5 Å². The Morgan fingerprint density at radius 1 is 1.62 bits per heavy atom. The highest BCUT2D eigenvalue weighted by atomic mass is 16.5. The maximum Gasteiger partial charge on any atom is 0.220 e. The van der Waals surface area contributed by atoms with Crippen LogP contribution in [0.2, 0.25) is 0 Å². The SMILES string of the molecule is CC(N)CCC(=O)NC1CCOC(C)(C)C1. The third-order valence-electron chi connectivity index (χ3n) is 2.89. The standard InChI is InChI=1S/C12H24N2O2/c1-9(13)4-5-11(15)14-10-6-7-16-12(2,3)8-10/h9-10H,4-8,13H2,1-3H3,(H,14,15). The van der Waals surface area contributed by atoms with Gasteiger partial charge in [0.05, 0.1) is 5.60 Å². The van der Waals surface area contributed by atoms with Crippen molar-refractivity contribution in [2.24, 2.45) is 5.73 Å². The van der Waals surface area contributed by atoms with Gasteiger partial charge in [0.1, 0.15) is 0 Å². The quantitative estimate of drug-likeness (QED) is 0.759. The maximum atomic E-state index is 11.6. The first kappa shape index (κ1) is 13.5. The predicted octanol–water partition coefficient (Wildman–Crippen LogP) is 1.19. The molecule has 1 saturated heterocycles. The number of hydrogen-bond acceptors (Lipinski definition) is 3. The summed E-state index contributed by atoms with van der Waals surface area (Å²) in [5.74, 6) is 0.111. The lowest BCUT2D eigenvalue weighted by Gasteiger charge is -2.35. The van der Waals surface area contributed by atoms with E-state index in [1.165, 1.54) is 0 Å². The molecule has 1 aliphatic heterocycles. The largest absolute Gasteiger partial charge is 0.375 e. The highest BCUT2D eigenvalue weighted by Gasteiger charge is 2.29. The van der Waals surface area contributed by atoms with Crippen molar-refractivity contribution in [3.8, 4) is 0 Å². The van der Waals surface area contributed by atoms with Crippen molar-refractivity contribution in [3.63, 3.8) is 0 Å². The summed E-state index contributed by atoms with van der Waals surface area (Å²) in [6, 6.07) is 0.348. The molecule has 0 aromatic carbocycles. The van der Waals surface area contributed by atoms with E-state index >= 15 is 0 Å². The van der Waals surface area contributed by atoms with Gasteiger partial charge in [-0.1, -0.05) is 0 Å². The third-order valence-corrected chi connectivity index (χ3v) is 2.89. The molecule has 4 heteroatoms. The lowest BCUT2D eigenvalue weighted by molar-refractivity contribution is -0.124. The van der Waals surface area contributed by atoms with Crippen LogP contribution in [-0.4, -0.2) is 30.2 Å². The van der Waals surface area contributed by atoms with E-state index in [9.17, 15) is 4.79 Å². The molecule has 1 heterocycles. The molecular formula is C12H24N2O2. The number of nitrogens with one attached hydrogen (secondary N) is 1. The van der Waals surface area contributed by atoms with Crippen LogP contribution < -0.4 is 11.1 Å². The van der Waals surface area contributed by atoms with Gasteiger partial charge in [-0.25, -0.2) is 0 Å². The fraction of sp³-hybridized carbons (Fsp3) is 0.917. The van der Waals surface area contributed by atoms with Crippen LogP contribution in [0.25, 0.3) is 0 Å². The second-order valence-electron chi connectivity index (χ2n) is 5.38. The number of carbonyl (C=O) groups is 1. The molecule has 1 rings (SSSR count). The van der Waals surface area contributed by atoms with Gasteiger partial charge in [-0.3, -0.25) is 4.79 Å². The topological polar surface area (TPSA) is 64.4 Å². The molecule has 0 aliphatic carbocycles. The smallest absolute Gasteiger partial charge is 0.220 e. The number of amides is 1. The van der Waals surface area contributed by atoms with E-state index in [1.807, 2.05) is 6.92 Å². The van der Waals surface area contributed by atoms with Crippen LogP contribution in [0.3, 0.4) is 0 Å². The van der Waals surface area contributed by atoms with Crippen LogP contribution in [-0.2, 0) is 9.53 Å². The van der Waals surface area contributed by atoms with Crippen molar-refractivity contribution in [1.82, 2.24) is 5.32 Å². The fourth-order valence-electron chi connectivity index (χ4n) is 2.01. The van der Waals surface area contributed by atoms with Gasteiger partial charge in [0.25, 0.3) is 0 Å². The van der Waals surface area contributed by atoms with Crippen LogP contribution in [0, 0.1) is 0 Å². The van der Waals surface area contributed by atoms with E-state index in [1.54, 1.807) is 0 Å². The van der Waals surface area contributed by atoms with Crippen LogP contribution in [0.4, 0.5) is 0 Å². The van der Waals surface area contributed by atoms with Crippen molar-refractivity contribution in [2.75, 3.05) is 6.61 Å². The molecule has 3 N–H and O–H groups in total. The maximum absolute atomic E-state index is 11.6. The Balaban J connectivity index is 2.28. The fourth-order valence-corrected chi connectivity index (χ4v) is 2.01. The summed E-state index contributed by atoms with van der Waals surface area (Å²) in [6.07, 6.45) is 3.07. The zero-order chi connectivity index (χ0) is 12.2. The van der Waals surface area contributed by atoms with Crippen molar-refractivity contribution in [2.45, 2.75) is 64.1 Å². The first-order valence-corrected chi connectivity index (χ1v) is 6.08. The van der Waals surface area contributed by atoms with E-state index in [0.29, 0.717) is 6.42 Å². The molecular weight excluding hydrogens is 204 g/mol. The zero-order valence-electron chi connectivity index (χ0n) is 10.6. The van der Waals surface area contributed by atoms with Crippen molar-refractivity contribution < 1.29 is 9.53 Å². The van der Waals surface area contributed by atoms with Crippen LogP contribution in [0.1, 0.15) is 46.5 Å². The average molecular weight is 228 g/mol. The van der Waals surface area contributed by atoms with Gasteiger partial charge in [0.2, 0.25) is 5.91 Å². The van der Waals surface area contributed by atoms with Gasteiger partial charge in [-0.2, -0.15) is 0 Å². The van der Waals surface area contributed by atoms with Gasteiger partial charge in [-0.15, -0.1) is 0 Å². The molecule has 1 fully saturated rings. The molecule has 0 spiro atoms. The first-order valence-electron chi connectivity index (χ1n) is 6.08. The Labute approximate surface area is 97.9 Å². The minimum atomic E-state index is -0.114. The Hall–Kier alpha value is -0.610. The van der Waals surface area contributed by atoms with Crippen molar-refractivity contribution in [3.05, 3.63) is 0 Å². The second kappa shape index (κ2) is 5.64. The highest BCUT2D eigenvalue weighted by Crippen LogP contribution is 2.23. The summed E-state index contributed by atoms with van der Waals surface area (Å²) in [7, 11) is 0. The summed E-state index contributed by atoms with van der Waals surface area (Å²) in [6.45, 7) is 6.77. The molecule has 0 saturated carbocycles. The first-order chi connectivity index (χ1) is 7.39. The van der Waals surface area contributed by atoms with Crippen LogP contribution >= 0.6 is 0 Å². The molecule has 2 atom stereocenters. The third kappa shape index (κ3) is 4.94. The minimum absolute atomic E-state index is 0.0943. The average Bonchev–Trinajstić information content (AvgIpc) is 2.13. The van der Waals surface area contributed by atoms with Gasteiger partial charge in [0, 0.05) is 25.1 Å². The lowest BCUT2D eigenvalue weighted by atomic mass is 9.94. The Morgan fingerprint density at radius 3 is 2.88 bits per heavy atom. The molecule has 0 aromatic heterocycles. The molecule has 94 valence electrons. The highest BCUT2D eigenvalue weighted by molar-refractivity contribution is 5.76. The van der Waals surface area contributed by atoms with Crippen molar-refractivity contribution in [1.29, 1.82) is 0 Å². The van der Waals surface area contributed by atoms with E-state index < -0.39 is 0 Å².